The van der Waals surface area contributed by atoms with E-state index in [2.05, 4.69) is 4.99 Å². The highest BCUT2D eigenvalue weighted by Gasteiger charge is 2.28. The lowest BCUT2D eigenvalue weighted by Gasteiger charge is -2.20. The first-order valence-corrected chi connectivity index (χ1v) is 9.48. The van der Waals surface area contributed by atoms with Crippen molar-refractivity contribution in [3.05, 3.63) is 65.5 Å². The van der Waals surface area contributed by atoms with Gasteiger partial charge in [0.2, 0.25) is 5.91 Å². The second-order valence-electron chi connectivity index (χ2n) is 6.29. The molecule has 0 N–H and O–H groups in total. The van der Waals surface area contributed by atoms with Crippen LogP contribution in [0.1, 0.15) is 11.1 Å². The van der Waals surface area contributed by atoms with E-state index in [0.29, 0.717) is 10.7 Å². The van der Waals surface area contributed by atoms with Crippen LogP contribution in [0.15, 0.2) is 53.5 Å². The first-order valence-electron chi connectivity index (χ1n) is 8.50. The lowest BCUT2D eigenvalue weighted by molar-refractivity contribution is -0.127. The Morgan fingerprint density at radius 3 is 2.63 bits per heavy atom. The van der Waals surface area contributed by atoms with Gasteiger partial charge in [0, 0.05) is 19.2 Å². The molecule has 0 aliphatic carbocycles. The molecular formula is C20H20FN3O2S. The van der Waals surface area contributed by atoms with Gasteiger partial charge in [-0.25, -0.2) is 4.39 Å². The van der Waals surface area contributed by atoms with E-state index < -0.39 is 0 Å². The van der Waals surface area contributed by atoms with E-state index in [9.17, 15) is 14.0 Å². The molecule has 1 heterocycles. The maximum Gasteiger partial charge on any atom is 0.254 e. The first-order chi connectivity index (χ1) is 13.0. The molecule has 0 radical (unpaired) electrons. The molecule has 0 atom stereocenters. The number of halogens is 1. The molecule has 3 rings (SSSR count). The number of carbonyl (C=O) groups is 2. The lowest BCUT2D eigenvalue weighted by Crippen LogP contribution is -2.33. The van der Waals surface area contributed by atoms with Crippen molar-refractivity contribution in [2.45, 2.75) is 13.5 Å². The summed E-state index contributed by atoms with van der Waals surface area (Å²) in [4.78, 5) is 31.9. The van der Waals surface area contributed by atoms with E-state index in [1.54, 1.807) is 25.2 Å². The molecule has 2 aromatic carbocycles. The van der Waals surface area contributed by atoms with Crippen LogP contribution in [0.5, 0.6) is 0 Å². The van der Waals surface area contributed by atoms with Gasteiger partial charge < -0.3 is 4.90 Å². The van der Waals surface area contributed by atoms with Crippen LogP contribution in [-0.4, -0.2) is 41.2 Å². The van der Waals surface area contributed by atoms with Crippen LogP contribution < -0.4 is 4.90 Å². The quantitative estimate of drug-likeness (QED) is 0.794. The molecule has 0 fully saturated rings. The second-order valence-corrected chi connectivity index (χ2v) is 7.24. The van der Waals surface area contributed by atoms with E-state index >= 15 is 0 Å². The molecular weight excluding hydrogens is 365 g/mol. The Bertz CT molecular complexity index is 883. The second kappa shape index (κ2) is 8.35. The molecule has 0 unspecified atom stereocenters. The third-order valence-corrected chi connectivity index (χ3v) is 5.16. The van der Waals surface area contributed by atoms with Crippen molar-refractivity contribution in [1.82, 2.24) is 4.90 Å². The van der Waals surface area contributed by atoms with Crippen LogP contribution in [0, 0.1) is 12.7 Å². The van der Waals surface area contributed by atoms with Gasteiger partial charge in [-0.1, -0.05) is 47.7 Å². The fraction of sp³-hybridized carbons (Fsp3) is 0.250. The Kier molecular flexibility index (Phi) is 5.91. The van der Waals surface area contributed by atoms with Crippen LogP contribution in [0.4, 0.5) is 10.1 Å². The Labute approximate surface area is 161 Å². The van der Waals surface area contributed by atoms with Crippen LogP contribution in [-0.2, 0) is 16.1 Å². The van der Waals surface area contributed by atoms with Crippen LogP contribution in [0.2, 0.25) is 0 Å². The Morgan fingerprint density at radius 2 is 1.93 bits per heavy atom. The number of amides is 2. The Morgan fingerprint density at radius 1 is 1.22 bits per heavy atom. The number of nitrogens with zero attached hydrogens (tertiary/aromatic N) is 3. The van der Waals surface area contributed by atoms with Gasteiger partial charge in [0.15, 0.2) is 5.17 Å². The average molecular weight is 385 g/mol. The number of hydrogen-bond acceptors (Lipinski definition) is 4. The van der Waals surface area contributed by atoms with Gasteiger partial charge in [0.25, 0.3) is 5.91 Å². The summed E-state index contributed by atoms with van der Waals surface area (Å²) in [7, 11) is 1.63. The highest BCUT2D eigenvalue weighted by molar-refractivity contribution is 8.14. The first kappa shape index (κ1) is 19.1. The number of aliphatic imine (C=N–C) groups is 1. The third kappa shape index (κ3) is 4.54. The molecule has 140 valence electrons. The fourth-order valence-corrected chi connectivity index (χ4v) is 3.61. The van der Waals surface area contributed by atoms with Crippen molar-refractivity contribution in [3.8, 4) is 0 Å². The standard InChI is InChI=1S/C20H20FN3O2S/c1-14-7-9-16(10-8-14)24-18(25)11-22-20(24)27-13-19(26)23(2)12-15-5-3-4-6-17(15)21/h3-10H,11-13H2,1-2H3. The average Bonchev–Trinajstić information content (AvgIpc) is 3.03. The van der Waals surface area contributed by atoms with Gasteiger partial charge >= 0.3 is 0 Å². The maximum atomic E-state index is 13.7. The maximum absolute atomic E-state index is 13.7. The van der Waals surface area contributed by atoms with Crippen molar-refractivity contribution in [2.24, 2.45) is 4.99 Å². The van der Waals surface area contributed by atoms with E-state index in [-0.39, 0.29) is 36.5 Å². The number of anilines is 1. The fourth-order valence-electron chi connectivity index (χ4n) is 2.65. The highest BCUT2D eigenvalue weighted by Crippen LogP contribution is 2.24. The lowest BCUT2D eigenvalue weighted by atomic mass is 10.2. The molecule has 1 aliphatic rings. The zero-order valence-corrected chi connectivity index (χ0v) is 16.0. The van der Waals surface area contributed by atoms with Gasteiger partial charge in [0.05, 0.1) is 11.4 Å². The summed E-state index contributed by atoms with van der Waals surface area (Å²) in [5, 5.41) is 0.511. The highest BCUT2D eigenvalue weighted by atomic mass is 32.2. The molecule has 1 aliphatic heterocycles. The molecule has 0 aromatic heterocycles. The van der Waals surface area contributed by atoms with Gasteiger partial charge in [0.1, 0.15) is 12.4 Å². The predicted molar refractivity (Wildman–Crippen MR) is 106 cm³/mol. The number of rotatable bonds is 5. The summed E-state index contributed by atoms with van der Waals surface area (Å²) in [6.07, 6.45) is 0. The summed E-state index contributed by atoms with van der Waals surface area (Å²) in [6, 6.07) is 14.0. The number of amidine groups is 1. The summed E-state index contributed by atoms with van der Waals surface area (Å²) >= 11 is 1.22. The van der Waals surface area contributed by atoms with Crippen molar-refractivity contribution >= 4 is 34.4 Å². The van der Waals surface area contributed by atoms with Gasteiger partial charge in [-0.2, -0.15) is 0 Å². The van der Waals surface area contributed by atoms with E-state index in [0.717, 1.165) is 11.3 Å². The molecule has 5 nitrogen and oxygen atoms in total. The van der Waals surface area contributed by atoms with Crippen molar-refractivity contribution < 1.29 is 14.0 Å². The largest absolute Gasteiger partial charge is 0.341 e. The van der Waals surface area contributed by atoms with Gasteiger partial charge in [-0.15, -0.1) is 0 Å². The topological polar surface area (TPSA) is 53.0 Å². The van der Waals surface area contributed by atoms with E-state index in [1.165, 1.54) is 27.6 Å². The minimum atomic E-state index is -0.332. The minimum Gasteiger partial charge on any atom is -0.341 e. The number of benzene rings is 2. The molecule has 0 saturated carbocycles. The van der Waals surface area contributed by atoms with Gasteiger partial charge in [-0.3, -0.25) is 19.5 Å². The molecule has 27 heavy (non-hydrogen) atoms. The smallest absolute Gasteiger partial charge is 0.254 e. The summed E-state index contributed by atoms with van der Waals surface area (Å²) < 4.78 is 13.7. The van der Waals surface area contributed by atoms with E-state index in [4.69, 9.17) is 0 Å². The predicted octanol–water partition coefficient (Wildman–Crippen LogP) is 3.23. The minimum absolute atomic E-state index is 0.0788. The summed E-state index contributed by atoms with van der Waals surface area (Å²) in [5.41, 5.74) is 2.30. The molecule has 0 spiro atoms. The monoisotopic (exact) mass is 385 g/mol. The zero-order chi connectivity index (χ0) is 19.4. The Balaban J connectivity index is 1.61. The normalized spacial score (nSPS) is 13.7. The number of thioether (sulfide) groups is 1. The Hall–Kier alpha value is -2.67. The van der Waals surface area contributed by atoms with E-state index in [1.807, 2.05) is 31.2 Å². The zero-order valence-electron chi connectivity index (χ0n) is 15.2. The molecule has 2 amide bonds. The molecule has 7 heteroatoms. The number of carbonyl (C=O) groups excluding carboxylic acids is 2. The molecule has 0 saturated heterocycles. The third-order valence-electron chi connectivity index (χ3n) is 4.20. The van der Waals surface area contributed by atoms with Crippen LogP contribution in [0.3, 0.4) is 0 Å². The number of aryl methyl sites for hydroxylation is 1. The number of hydrogen-bond donors (Lipinski definition) is 0. The summed E-state index contributed by atoms with van der Waals surface area (Å²) in [5.74, 6) is -0.483. The van der Waals surface area contributed by atoms with Crippen molar-refractivity contribution in [2.75, 3.05) is 24.2 Å². The van der Waals surface area contributed by atoms with Crippen LogP contribution >= 0.6 is 11.8 Å². The van der Waals surface area contributed by atoms with Crippen molar-refractivity contribution in [3.63, 3.8) is 0 Å². The SMILES string of the molecule is Cc1ccc(N2C(=O)CN=C2SCC(=O)N(C)Cc2ccccc2F)cc1. The van der Waals surface area contributed by atoms with Crippen LogP contribution in [0.25, 0.3) is 0 Å². The summed E-state index contributed by atoms with van der Waals surface area (Å²) in [6.45, 7) is 2.25. The molecule has 2 aromatic rings. The van der Waals surface area contributed by atoms with Gasteiger partial charge in [-0.05, 0) is 25.1 Å². The molecule has 0 bridgehead atoms. The van der Waals surface area contributed by atoms with Crippen molar-refractivity contribution in [1.29, 1.82) is 0 Å².